The maximum atomic E-state index is 5.21. The van der Waals surface area contributed by atoms with E-state index in [-0.39, 0.29) is 0 Å². The normalized spacial score (nSPS) is 12.0. The van der Waals surface area contributed by atoms with E-state index in [2.05, 4.69) is 131 Å². The third-order valence-corrected chi connectivity index (χ3v) is 7.74. The molecule has 8 rings (SSSR count). The molecule has 0 radical (unpaired) electrons. The van der Waals surface area contributed by atoms with Crippen LogP contribution in [-0.2, 0) is 0 Å². The molecular weight excluding hydrogens is 526 g/mol. The molecule has 43 heavy (non-hydrogen) atoms. The van der Waals surface area contributed by atoms with Crippen LogP contribution in [0, 0.1) is 0 Å². The molecule has 0 saturated heterocycles. The van der Waals surface area contributed by atoms with Crippen LogP contribution >= 0.6 is 0 Å². The average molecular weight is 554 g/mol. The Bertz CT molecular complexity index is 2050. The second-order valence-electron chi connectivity index (χ2n) is 10.6. The van der Waals surface area contributed by atoms with E-state index in [1.54, 1.807) is 0 Å². The molecule has 204 valence electrons. The minimum absolute atomic E-state index is 0.825. The summed E-state index contributed by atoms with van der Waals surface area (Å²) in [5.41, 5.74) is 13.5. The standard InChI is InChI=1S/C38H27N5/c1-4-10-25(11-5-1)36-30-18-16-28(39-30)24-29-17-19-31(40-29)37(26-12-6-2-7-13-26)33-21-23-35(43-33)38(34-22-20-32(36)42-34)41-27-14-8-3-9-15-27/h1-24,39-41H. The molecule has 0 spiro atoms. The Morgan fingerprint density at radius 1 is 0.442 bits per heavy atom. The lowest BCUT2D eigenvalue weighted by molar-refractivity contribution is 1.27. The van der Waals surface area contributed by atoms with Crippen LogP contribution in [0.25, 0.3) is 68.6 Å². The molecule has 2 aliphatic rings. The number of benzene rings is 3. The largest absolute Gasteiger partial charge is 0.355 e. The van der Waals surface area contributed by atoms with Crippen molar-refractivity contribution in [3.8, 4) is 22.3 Å². The Balaban J connectivity index is 1.50. The van der Waals surface area contributed by atoms with E-state index in [0.29, 0.717) is 0 Å². The molecule has 3 aromatic carbocycles. The van der Waals surface area contributed by atoms with Crippen LogP contribution in [-0.4, -0.2) is 19.9 Å². The van der Waals surface area contributed by atoms with Gasteiger partial charge in [0.25, 0.3) is 0 Å². The molecule has 5 heteroatoms. The third-order valence-electron chi connectivity index (χ3n) is 7.74. The van der Waals surface area contributed by atoms with Crippen LogP contribution in [0.1, 0.15) is 22.8 Å². The van der Waals surface area contributed by atoms with Crippen LogP contribution in [0.15, 0.2) is 121 Å². The van der Waals surface area contributed by atoms with E-state index in [4.69, 9.17) is 9.97 Å². The summed E-state index contributed by atoms with van der Waals surface area (Å²) in [6, 6.07) is 41.6. The Morgan fingerprint density at radius 2 is 0.884 bits per heavy atom. The number of anilines is 2. The summed E-state index contributed by atoms with van der Waals surface area (Å²) in [4.78, 5) is 17.7. The van der Waals surface area contributed by atoms with Crippen LogP contribution in [0.5, 0.6) is 0 Å². The topological polar surface area (TPSA) is 69.4 Å². The zero-order valence-electron chi connectivity index (χ0n) is 23.3. The highest BCUT2D eigenvalue weighted by molar-refractivity contribution is 5.96. The van der Waals surface area contributed by atoms with E-state index < -0.39 is 0 Å². The smallest absolute Gasteiger partial charge is 0.0906 e. The fourth-order valence-corrected chi connectivity index (χ4v) is 5.75. The summed E-state index contributed by atoms with van der Waals surface area (Å²) < 4.78 is 0. The maximum absolute atomic E-state index is 5.21. The maximum Gasteiger partial charge on any atom is 0.0906 e. The minimum atomic E-state index is 0.825. The number of hydrogen-bond donors (Lipinski definition) is 3. The molecule has 0 fully saturated rings. The van der Waals surface area contributed by atoms with Gasteiger partial charge in [-0.25, -0.2) is 9.97 Å². The lowest BCUT2D eigenvalue weighted by Gasteiger charge is -2.09. The number of hydrogen-bond acceptors (Lipinski definition) is 3. The number of rotatable bonds is 4. The number of H-pyrrole nitrogens is 2. The predicted molar refractivity (Wildman–Crippen MR) is 179 cm³/mol. The van der Waals surface area contributed by atoms with Crippen molar-refractivity contribution < 1.29 is 0 Å². The van der Waals surface area contributed by atoms with Crippen LogP contribution in [0.2, 0.25) is 0 Å². The van der Waals surface area contributed by atoms with Crippen LogP contribution < -0.4 is 5.32 Å². The molecule has 8 bridgehead atoms. The molecule has 0 unspecified atom stereocenters. The summed E-state index contributed by atoms with van der Waals surface area (Å²) in [5, 5.41) is 3.64. The van der Waals surface area contributed by atoms with E-state index in [0.717, 1.165) is 78.5 Å². The van der Waals surface area contributed by atoms with Crippen LogP contribution in [0.3, 0.4) is 0 Å². The predicted octanol–water partition coefficient (Wildman–Crippen LogP) is 9.73. The lowest BCUT2D eigenvalue weighted by Crippen LogP contribution is -1.96. The van der Waals surface area contributed by atoms with Crippen LogP contribution in [0.4, 0.5) is 11.4 Å². The summed E-state index contributed by atoms with van der Waals surface area (Å²) in [7, 11) is 0. The van der Waals surface area contributed by atoms with Crippen molar-refractivity contribution in [1.29, 1.82) is 0 Å². The summed E-state index contributed by atoms with van der Waals surface area (Å²) in [6.07, 6.45) is 8.33. The SMILES string of the molecule is C1=Cc2nc1c(Nc1ccccc1)c1nc(c(-c3ccccc3)c3ccc(cc4ccc([nH]4)c2-c2ccccc2)[nH]3)C=C1. The Hall–Kier alpha value is -5.94. The van der Waals surface area contributed by atoms with Crippen molar-refractivity contribution in [3.63, 3.8) is 0 Å². The molecule has 0 aliphatic carbocycles. The van der Waals surface area contributed by atoms with Gasteiger partial charge in [-0.05, 0) is 77.9 Å². The Kier molecular flexibility index (Phi) is 6.05. The minimum Gasteiger partial charge on any atom is -0.355 e. The van der Waals surface area contributed by atoms with Gasteiger partial charge in [0.15, 0.2) is 0 Å². The summed E-state index contributed by atoms with van der Waals surface area (Å²) in [5.74, 6) is 0. The molecule has 6 aromatic rings. The second kappa shape index (κ2) is 10.5. The first kappa shape index (κ1) is 24.8. The summed E-state index contributed by atoms with van der Waals surface area (Å²) in [6.45, 7) is 0. The van der Waals surface area contributed by atoms with E-state index in [1.807, 2.05) is 30.3 Å². The van der Waals surface area contributed by atoms with Crippen molar-refractivity contribution in [2.75, 3.05) is 5.32 Å². The Morgan fingerprint density at radius 3 is 1.37 bits per heavy atom. The molecule has 5 heterocycles. The molecule has 2 aliphatic heterocycles. The van der Waals surface area contributed by atoms with Gasteiger partial charge >= 0.3 is 0 Å². The second-order valence-corrected chi connectivity index (χ2v) is 10.6. The van der Waals surface area contributed by atoms with Crippen molar-refractivity contribution in [1.82, 2.24) is 19.9 Å². The quantitative estimate of drug-likeness (QED) is 0.203. The van der Waals surface area contributed by atoms with Crippen molar-refractivity contribution >= 4 is 57.7 Å². The van der Waals surface area contributed by atoms with Gasteiger partial charge in [-0.3, -0.25) is 0 Å². The number of aromatic nitrogens is 4. The lowest BCUT2D eigenvalue weighted by atomic mass is 10.0. The van der Waals surface area contributed by atoms with Gasteiger partial charge < -0.3 is 15.3 Å². The van der Waals surface area contributed by atoms with Crippen molar-refractivity contribution in [2.24, 2.45) is 0 Å². The van der Waals surface area contributed by atoms with Gasteiger partial charge in [0, 0.05) is 38.9 Å². The third kappa shape index (κ3) is 4.73. The number of fused-ring (bicyclic) bond motifs is 8. The summed E-state index contributed by atoms with van der Waals surface area (Å²) >= 11 is 0. The number of para-hydroxylation sites is 1. The van der Waals surface area contributed by atoms with Gasteiger partial charge in [-0.1, -0.05) is 78.9 Å². The first-order valence-corrected chi connectivity index (χ1v) is 14.3. The van der Waals surface area contributed by atoms with E-state index in [1.165, 1.54) is 0 Å². The average Bonchev–Trinajstić information content (AvgIpc) is 3.88. The number of nitrogens with zero attached hydrogens (tertiary/aromatic N) is 2. The van der Waals surface area contributed by atoms with Gasteiger partial charge in [0.05, 0.1) is 28.5 Å². The van der Waals surface area contributed by atoms with Gasteiger partial charge in [-0.2, -0.15) is 0 Å². The highest BCUT2D eigenvalue weighted by Gasteiger charge is 2.17. The zero-order valence-corrected chi connectivity index (χ0v) is 23.3. The molecule has 0 saturated carbocycles. The monoisotopic (exact) mass is 553 g/mol. The first-order valence-electron chi connectivity index (χ1n) is 14.3. The molecule has 0 amide bonds. The molecule has 3 N–H and O–H groups in total. The molecule has 5 nitrogen and oxygen atoms in total. The fourth-order valence-electron chi connectivity index (χ4n) is 5.75. The van der Waals surface area contributed by atoms with Gasteiger partial charge in [-0.15, -0.1) is 0 Å². The fraction of sp³-hybridized carbons (Fsp3) is 0. The zero-order chi connectivity index (χ0) is 28.6. The van der Waals surface area contributed by atoms with Gasteiger partial charge in [0.1, 0.15) is 0 Å². The van der Waals surface area contributed by atoms with E-state index in [9.17, 15) is 0 Å². The van der Waals surface area contributed by atoms with E-state index >= 15 is 0 Å². The highest BCUT2D eigenvalue weighted by atomic mass is 14.9. The highest BCUT2D eigenvalue weighted by Crippen LogP contribution is 2.35. The number of aromatic amines is 2. The Labute approximate surface area is 249 Å². The van der Waals surface area contributed by atoms with Crippen molar-refractivity contribution in [3.05, 3.63) is 144 Å². The molecular formula is C38H27N5. The van der Waals surface area contributed by atoms with Gasteiger partial charge in [0.2, 0.25) is 0 Å². The molecule has 0 atom stereocenters. The molecule has 3 aromatic heterocycles. The first-order chi connectivity index (χ1) is 21.3. The van der Waals surface area contributed by atoms with Crippen molar-refractivity contribution in [2.45, 2.75) is 0 Å². The number of nitrogens with one attached hydrogen (secondary N) is 3.